The third-order valence-electron chi connectivity index (χ3n) is 5.63. The first-order valence-corrected chi connectivity index (χ1v) is 11.0. The second kappa shape index (κ2) is 7.44. The van der Waals surface area contributed by atoms with Gasteiger partial charge >= 0.3 is 0 Å². The molecule has 3 aliphatic rings. The smallest absolute Gasteiger partial charge is 0.231 e. The van der Waals surface area contributed by atoms with Crippen molar-refractivity contribution < 1.29 is 23.7 Å². The first-order valence-electron chi connectivity index (χ1n) is 10.1. The van der Waals surface area contributed by atoms with Crippen molar-refractivity contribution in [2.45, 2.75) is 13.0 Å². The van der Waals surface area contributed by atoms with Crippen LogP contribution in [-0.4, -0.2) is 30.8 Å². The van der Waals surface area contributed by atoms with Gasteiger partial charge in [0.2, 0.25) is 12.6 Å². The predicted octanol–water partition coefficient (Wildman–Crippen LogP) is 4.49. The molecule has 2 aromatic carbocycles. The Labute approximate surface area is 183 Å². The van der Waals surface area contributed by atoms with Gasteiger partial charge in [0.1, 0.15) is 18.2 Å². The number of allylic oxidation sites excluding steroid dienone is 1. The molecule has 1 aromatic heterocycles. The van der Waals surface area contributed by atoms with E-state index in [1.54, 1.807) is 23.5 Å². The number of thiophene rings is 1. The number of carbonyl (C=O) groups excluding carboxylic acids is 1. The van der Waals surface area contributed by atoms with E-state index in [0.717, 1.165) is 29.8 Å². The average molecular weight is 433 g/mol. The number of ether oxygens (including phenoxy) is 4. The van der Waals surface area contributed by atoms with Gasteiger partial charge in [-0.05, 0) is 53.8 Å². The number of benzene rings is 2. The van der Waals surface area contributed by atoms with Crippen LogP contribution in [0.4, 0.5) is 0 Å². The lowest BCUT2D eigenvalue weighted by atomic mass is 10.0. The van der Waals surface area contributed by atoms with E-state index in [1.807, 2.05) is 24.3 Å². The van der Waals surface area contributed by atoms with Gasteiger partial charge in [-0.25, -0.2) is 0 Å². The molecule has 0 atom stereocenters. The van der Waals surface area contributed by atoms with Crippen LogP contribution in [0.5, 0.6) is 23.0 Å². The van der Waals surface area contributed by atoms with Crippen molar-refractivity contribution in [3.8, 4) is 23.0 Å². The molecule has 0 spiro atoms. The summed E-state index contributed by atoms with van der Waals surface area (Å²) in [5, 5.41) is 2.09. The number of carbonyl (C=O) groups is 1. The van der Waals surface area contributed by atoms with Gasteiger partial charge < -0.3 is 18.9 Å². The zero-order chi connectivity index (χ0) is 20.8. The van der Waals surface area contributed by atoms with Gasteiger partial charge in [0.25, 0.3) is 0 Å². The van der Waals surface area contributed by atoms with Crippen LogP contribution < -0.4 is 18.9 Å². The Kier molecular flexibility index (Phi) is 4.44. The van der Waals surface area contributed by atoms with Crippen LogP contribution in [0, 0.1) is 0 Å². The number of hydrogen-bond acceptors (Lipinski definition) is 7. The molecule has 0 fully saturated rings. The first-order chi connectivity index (χ1) is 15.2. The lowest BCUT2D eigenvalue weighted by Crippen LogP contribution is -2.33. The number of ketones is 1. The third kappa shape index (κ3) is 3.36. The molecule has 3 aromatic rings. The Balaban J connectivity index is 1.25. The molecule has 6 nitrogen and oxygen atoms in total. The molecule has 0 N–H and O–H groups in total. The van der Waals surface area contributed by atoms with E-state index in [2.05, 4.69) is 22.4 Å². The monoisotopic (exact) mass is 433 g/mol. The number of fused-ring (bicyclic) bond motifs is 4. The molecule has 0 unspecified atom stereocenters. The first kappa shape index (κ1) is 18.5. The van der Waals surface area contributed by atoms with Crippen molar-refractivity contribution in [3.05, 3.63) is 75.2 Å². The van der Waals surface area contributed by atoms with Crippen LogP contribution in [0.1, 0.15) is 26.4 Å². The summed E-state index contributed by atoms with van der Waals surface area (Å²) in [6.45, 7) is 2.32. The molecule has 3 aliphatic heterocycles. The molecule has 31 heavy (non-hydrogen) atoms. The number of rotatable bonds is 4. The molecule has 0 amide bonds. The van der Waals surface area contributed by atoms with Gasteiger partial charge in [-0.2, -0.15) is 0 Å². The van der Waals surface area contributed by atoms with E-state index in [0.29, 0.717) is 41.8 Å². The van der Waals surface area contributed by atoms with Gasteiger partial charge in [-0.3, -0.25) is 9.69 Å². The quantitative estimate of drug-likeness (QED) is 0.565. The van der Waals surface area contributed by atoms with E-state index in [-0.39, 0.29) is 12.6 Å². The van der Waals surface area contributed by atoms with Crippen LogP contribution in [0.3, 0.4) is 0 Å². The highest BCUT2D eigenvalue weighted by molar-refractivity contribution is 7.09. The van der Waals surface area contributed by atoms with E-state index in [1.165, 1.54) is 4.88 Å². The fourth-order valence-electron chi connectivity index (χ4n) is 4.03. The Hall–Kier alpha value is -3.29. The van der Waals surface area contributed by atoms with Crippen LogP contribution in [-0.2, 0) is 13.0 Å². The van der Waals surface area contributed by atoms with Gasteiger partial charge in [0.15, 0.2) is 17.3 Å². The van der Waals surface area contributed by atoms with Crippen molar-refractivity contribution in [1.29, 1.82) is 0 Å². The lowest BCUT2D eigenvalue weighted by molar-refractivity contribution is 0.0951. The molecular weight excluding hydrogens is 414 g/mol. The number of Topliss-reactive ketones (excluding diaryl/α,β-unsaturated/α-hetero) is 1. The van der Waals surface area contributed by atoms with Crippen LogP contribution in [0.25, 0.3) is 6.08 Å². The van der Waals surface area contributed by atoms with E-state index in [4.69, 9.17) is 18.9 Å². The Morgan fingerprint density at radius 3 is 2.84 bits per heavy atom. The minimum Gasteiger partial charge on any atom is -0.478 e. The van der Waals surface area contributed by atoms with Crippen molar-refractivity contribution >= 4 is 23.2 Å². The predicted molar refractivity (Wildman–Crippen MR) is 116 cm³/mol. The number of nitrogens with zero attached hydrogens (tertiary/aromatic N) is 1. The van der Waals surface area contributed by atoms with Gasteiger partial charge in [0.05, 0.1) is 11.1 Å². The summed E-state index contributed by atoms with van der Waals surface area (Å²) < 4.78 is 22.8. The molecule has 0 aliphatic carbocycles. The Morgan fingerprint density at radius 2 is 1.94 bits per heavy atom. The lowest BCUT2D eigenvalue weighted by Gasteiger charge is -2.29. The molecular formula is C24H19NO5S. The fraction of sp³-hybridized carbons (Fsp3) is 0.208. The zero-order valence-corrected chi connectivity index (χ0v) is 17.4. The molecule has 6 rings (SSSR count). The summed E-state index contributed by atoms with van der Waals surface area (Å²) in [7, 11) is 0. The highest BCUT2D eigenvalue weighted by Crippen LogP contribution is 2.42. The maximum absolute atomic E-state index is 13.0. The molecule has 0 saturated heterocycles. The minimum absolute atomic E-state index is 0.119. The van der Waals surface area contributed by atoms with Gasteiger partial charge in [0, 0.05) is 18.0 Å². The number of hydrogen-bond donors (Lipinski definition) is 0. The molecule has 0 bridgehead atoms. The maximum atomic E-state index is 13.0. The molecule has 0 saturated carbocycles. The largest absolute Gasteiger partial charge is 0.478 e. The third-order valence-corrected chi connectivity index (χ3v) is 6.57. The molecule has 156 valence electrons. The fourth-order valence-corrected chi connectivity index (χ4v) is 4.72. The Bertz CT molecular complexity index is 1200. The van der Waals surface area contributed by atoms with Crippen molar-refractivity contribution in [2.24, 2.45) is 0 Å². The van der Waals surface area contributed by atoms with Gasteiger partial charge in [-0.1, -0.05) is 12.1 Å². The zero-order valence-electron chi connectivity index (χ0n) is 16.6. The van der Waals surface area contributed by atoms with Crippen molar-refractivity contribution in [1.82, 2.24) is 4.90 Å². The van der Waals surface area contributed by atoms with E-state index in [9.17, 15) is 4.79 Å². The second-order valence-corrected chi connectivity index (χ2v) is 8.66. The van der Waals surface area contributed by atoms with E-state index >= 15 is 0 Å². The molecule has 0 radical (unpaired) electrons. The van der Waals surface area contributed by atoms with E-state index < -0.39 is 0 Å². The van der Waals surface area contributed by atoms with Crippen molar-refractivity contribution in [2.75, 3.05) is 20.1 Å². The highest BCUT2D eigenvalue weighted by Gasteiger charge is 2.33. The minimum atomic E-state index is -0.119. The van der Waals surface area contributed by atoms with Gasteiger partial charge in [-0.15, -0.1) is 11.3 Å². The summed E-state index contributed by atoms with van der Waals surface area (Å²) >= 11 is 1.76. The second-order valence-electron chi connectivity index (χ2n) is 7.63. The van der Waals surface area contributed by atoms with Crippen molar-refractivity contribution in [3.63, 3.8) is 0 Å². The van der Waals surface area contributed by atoms with Crippen LogP contribution in [0.15, 0.2) is 53.6 Å². The Morgan fingerprint density at radius 1 is 1.03 bits per heavy atom. The summed E-state index contributed by atoms with van der Waals surface area (Å²) in [6.07, 6.45) is 2.72. The standard InChI is InChI=1S/C24H19NO5S/c26-23-17-4-6-19-18(12-25(13-27-19)8-7-16-2-1-9-31-16)24(17)30-22(23)11-15-3-5-20-21(10-15)29-14-28-20/h1-6,9-11H,7-8,12-14H2/b22-11-. The molecule has 4 heterocycles. The molecule has 7 heteroatoms. The normalized spacial score (nSPS) is 17.9. The summed E-state index contributed by atoms with van der Waals surface area (Å²) in [5.74, 6) is 2.95. The topological polar surface area (TPSA) is 57.2 Å². The average Bonchev–Trinajstić information content (AvgIpc) is 3.53. The summed E-state index contributed by atoms with van der Waals surface area (Å²) in [6, 6.07) is 13.4. The van der Waals surface area contributed by atoms with Crippen LogP contribution >= 0.6 is 11.3 Å². The van der Waals surface area contributed by atoms with Crippen LogP contribution in [0.2, 0.25) is 0 Å². The summed E-state index contributed by atoms with van der Waals surface area (Å²) in [4.78, 5) is 16.6. The SMILES string of the molecule is O=C1/C(=C/c2ccc3c(c2)OCO3)Oc2c1ccc1c2CN(CCc2cccs2)CO1. The maximum Gasteiger partial charge on any atom is 0.231 e. The highest BCUT2D eigenvalue weighted by atomic mass is 32.1. The summed E-state index contributed by atoms with van der Waals surface area (Å²) in [5.41, 5.74) is 2.33.